The lowest BCUT2D eigenvalue weighted by Gasteiger charge is -2.09. The molecule has 1 heterocycles. The Morgan fingerprint density at radius 3 is 2.35 bits per heavy atom. The lowest BCUT2D eigenvalue weighted by molar-refractivity contribution is -0.117. The van der Waals surface area contributed by atoms with Gasteiger partial charge in [0.15, 0.2) is 11.5 Å². The zero-order valence-corrected chi connectivity index (χ0v) is 18.5. The molecule has 0 atom stereocenters. The zero-order valence-electron chi connectivity index (χ0n) is 18.5. The first-order valence-electron chi connectivity index (χ1n) is 10.6. The standard InChI is InChI=1S/C27H23N3O4/c1-19(14-20-8-4-2-5-9-20)15-23(29-26(31)22-10-6-3-7-11-22)27(32)30-28-17-21-12-13-24-25(16-21)34-18-33-24/h2-17H,18H2,1H3,(H,29,31)(H,30,32). The van der Waals surface area contributed by atoms with Gasteiger partial charge >= 0.3 is 0 Å². The fraction of sp³-hybridized carbons (Fsp3) is 0.0741. The van der Waals surface area contributed by atoms with E-state index in [9.17, 15) is 9.59 Å². The van der Waals surface area contributed by atoms with E-state index in [0.717, 1.165) is 16.7 Å². The van der Waals surface area contributed by atoms with Crippen LogP contribution in [0, 0.1) is 0 Å². The number of hydrazone groups is 1. The summed E-state index contributed by atoms with van der Waals surface area (Å²) in [5.74, 6) is 0.333. The largest absolute Gasteiger partial charge is 0.454 e. The van der Waals surface area contributed by atoms with Crippen molar-refractivity contribution < 1.29 is 19.1 Å². The first kappa shape index (κ1) is 22.5. The Hall–Kier alpha value is -4.65. The third-order valence-electron chi connectivity index (χ3n) is 4.87. The van der Waals surface area contributed by atoms with Crippen molar-refractivity contribution in [3.63, 3.8) is 0 Å². The quantitative estimate of drug-likeness (QED) is 0.242. The molecule has 2 amide bonds. The number of fused-ring (bicyclic) bond motifs is 1. The van der Waals surface area contributed by atoms with Gasteiger partial charge in [0.2, 0.25) is 6.79 Å². The summed E-state index contributed by atoms with van der Waals surface area (Å²) in [5, 5.41) is 6.72. The number of hydrogen-bond donors (Lipinski definition) is 2. The Morgan fingerprint density at radius 2 is 1.59 bits per heavy atom. The Bertz CT molecular complexity index is 1270. The van der Waals surface area contributed by atoms with Crippen molar-refractivity contribution in [2.75, 3.05) is 6.79 Å². The summed E-state index contributed by atoms with van der Waals surface area (Å²) < 4.78 is 10.6. The van der Waals surface area contributed by atoms with Gasteiger partial charge in [0.1, 0.15) is 5.70 Å². The molecule has 1 aliphatic heterocycles. The van der Waals surface area contributed by atoms with Gasteiger partial charge in [-0.05, 0) is 60.0 Å². The molecule has 1 aliphatic rings. The maximum atomic E-state index is 12.9. The third kappa shape index (κ3) is 5.98. The SMILES string of the molecule is CC(=Cc1ccccc1)C=C(NC(=O)c1ccccc1)C(=O)NN=Cc1ccc2c(c1)OCO2. The minimum absolute atomic E-state index is 0.0707. The van der Waals surface area contributed by atoms with E-state index in [4.69, 9.17) is 9.47 Å². The lowest BCUT2D eigenvalue weighted by atomic mass is 10.1. The number of nitrogens with one attached hydrogen (secondary N) is 2. The number of nitrogens with zero attached hydrogens (tertiary/aromatic N) is 1. The molecule has 34 heavy (non-hydrogen) atoms. The van der Waals surface area contributed by atoms with Crippen molar-refractivity contribution in [2.45, 2.75) is 6.92 Å². The maximum absolute atomic E-state index is 12.9. The second kappa shape index (κ2) is 10.8. The molecular formula is C27H23N3O4. The number of amides is 2. The molecule has 0 aromatic heterocycles. The van der Waals surface area contributed by atoms with E-state index in [1.807, 2.05) is 49.4 Å². The Labute approximate surface area is 197 Å². The van der Waals surface area contributed by atoms with Gasteiger partial charge in [0.25, 0.3) is 11.8 Å². The van der Waals surface area contributed by atoms with E-state index in [-0.39, 0.29) is 12.5 Å². The van der Waals surface area contributed by atoms with Gasteiger partial charge in [-0.3, -0.25) is 9.59 Å². The molecule has 0 unspecified atom stereocenters. The summed E-state index contributed by atoms with van der Waals surface area (Å²) in [6.45, 7) is 2.03. The highest BCUT2D eigenvalue weighted by atomic mass is 16.7. The lowest BCUT2D eigenvalue weighted by Crippen LogP contribution is -2.33. The van der Waals surface area contributed by atoms with Gasteiger partial charge in [0, 0.05) is 5.56 Å². The van der Waals surface area contributed by atoms with Crippen molar-refractivity contribution in [1.82, 2.24) is 10.7 Å². The van der Waals surface area contributed by atoms with E-state index in [0.29, 0.717) is 17.1 Å². The van der Waals surface area contributed by atoms with Crippen LogP contribution in [0.1, 0.15) is 28.4 Å². The van der Waals surface area contributed by atoms with Crippen LogP contribution in [0.15, 0.2) is 101 Å². The Kier molecular flexibility index (Phi) is 7.15. The molecule has 0 fully saturated rings. The van der Waals surface area contributed by atoms with Crippen LogP contribution in [0.3, 0.4) is 0 Å². The Morgan fingerprint density at radius 1 is 0.882 bits per heavy atom. The molecule has 2 N–H and O–H groups in total. The molecule has 3 aromatic rings. The van der Waals surface area contributed by atoms with Crippen molar-refractivity contribution >= 4 is 24.1 Å². The van der Waals surface area contributed by atoms with Crippen LogP contribution < -0.4 is 20.2 Å². The van der Waals surface area contributed by atoms with Crippen LogP contribution in [-0.2, 0) is 4.79 Å². The van der Waals surface area contributed by atoms with E-state index in [2.05, 4.69) is 15.8 Å². The molecule has 0 aliphatic carbocycles. The Balaban J connectivity index is 1.51. The average Bonchev–Trinajstić information content (AvgIpc) is 3.32. The second-order valence-corrected chi connectivity index (χ2v) is 7.49. The smallest absolute Gasteiger partial charge is 0.287 e. The second-order valence-electron chi connectivity index (χ2n) is 7.49. The molecule has 7 nitrogen and oxygen atoms in total. The van der Waals surface area contributed by atoms with Crippen LogP contribution in [0.25, 0.3) is 6.08 Å². The van der Waals surface area contributed by atoms with Gasteiger partial charge in [-0.1, -0.05) is 54.6 Å². The van der Waals surface area contributed by atoms with Crippen LogP contribution >= 0.6 is 0 Å². The highest BCUT2D eigenvalue weighted by molar-refractivity contribution is 6.03. The topological polar surface area (TPSA) is 89.0 Å². The number of allylic oxidation sites excluding steroid dienone is 2. The van der Waals surface area contributed by atoms with E-state index < -0.39 is 11.8 Å². The molecular weight excluding hydrogens is 430 g/mol. The third-order valence-corrected chi connectivity index (χ3v) is 4.87. The molecule has 0 spiro atoms. The van der Waals surface area contributed by atoms with Crippen LogP contribution in [-0.4, -0.2) is 24.8 Å². The van der Waals surface area contributed by atoms with Crippen molar-refractivity contribution in [3.05, 3.63) is 113 Å². The summed E-state index contributed by atoms with van der Waals surface area (Å²) in [6, 6.07) is 23.7. The first-order valence-corrected chi connectivity index (χ1v) is 10.6. The van der Waals surface area contributed by atoms with Gasteiger partial charge in [-0.25, -0.2) is 5.43 Å². The van der Waals surface area contributed by atoms with Gasteiger partial charge in [-0.2, -0.15) is 5.10 Å². The van der Waals surface area contributed by atoms with Crippen molar-refractivity contribution in [1.29, 1.82) is 0 Å². The number of benzene rings is 3. The predicted octanol–water partition coefficient (Wildman–Crippen LogP) is 4.28. The monoisotopic (exact) mass is 453 g/mol. The number of ether oxygens (including phenoxy) is 2. The number of hydrogen-bond acceptors (Lipinski definition) is 5. The average molecular weight is 453 g/mol. The van der Waals surface area contributed by atoms with Gasteiger partial charge < -0.3 is 14.8 Å². The van der Waals surface area contributed by atoms with E-state index in [1.54, 1.807) is 48.5 Å². The summed E-state index contributed by atoms with van der Waals surface area (Å²) >= 11 is 0. The maximum Gasteiger partial charge on any atom is 0.287 e. The number of carbonyl (C=O) groups excluding carboxylic acids is 2. The zero-order chi connectivity index (χ0) is 23.8. The highest BCUT2D eigenvalue weighted by Crippen LogP contribution is 2.31. The molecule has 0 saturated heterocycles. The summed E-state index contributed by atoms with van der Waals surface area (Å²) in [6.07, 6.45) is 5.01. The van der Waals surface area contributed by atoms with Gasteiger partial charge in [0.05, 0.1) is 6.21 Å². The van der Waals surface area contributed by atoms with E-state index >= 15 is 0 Å². The minimum Gasteiger partial charge on any atom is -0.454 e. The number of rotatable bonds is 7. The van der Waals surface area contributed by atoms with Crippen LogP contribution in [0.2, 0.25) is 0 Å². The van der Waals surface area contributed by atoms with Crippen molar-refractivity contribution in [3.8, 4) is 11.5 Å². The summed E-state index contributed by atoms with van der Waals surface area (Å²) in [7, 11) is 0. The fourth-order valence-corrected chi connectivity index (χ4v) is 3.24. The molecule has 0 bridgehead atoms. The normalized spacial score (nSPS) is 13.1. The summed E-state index contributed by atoms with van der Waals surface area (Å²) in [5.41, 5.74) is 5.47. The number of carbonyl (C=O) groups is 2. The molecule has 7 heteroatoms. The molecule has 170 valence electrons. The van der Waals surface area contributed by atoms with Crippen molar-refractivity contribution in [2.24, 2.45) is 5.10 Å². The highest BCUT2D eigenvalue weighted by Gasteiger charge is 2.15. The van der Waals surface area contributed by atoms with E-state index in [1.165, 1.54) is 6.21 Å². The minimum atomic E-state index is -0.554. The van der Waals surface area contributed by atoms with Gasteiger partial charge in [-0.15, -0.1) is 0 Å². The first-order chi connectivity index (χ1) is 16.6. The fourth-order valence-electron chi connectivity index (χ4n) is 3.24. The molecule has 0 radical (unpaired) electrons. The predicted molar refractivity (Wildman–Crippen MR) is 130 cm³/mol. The van der Waals surface area contributed by atoms with Crippen LogP contribution in [0.5, 0.6) is 11.5 Å². The molecule has 3 aromatic carbocycles. The summed E-state index contributed by atoms with van der Waals surface area (Å²) in [4.78, 5) is 25.6. The molecule has 0 saturated carbocycles. The molecule has 4 rings (SSSR count). The van der Waals surface area contributed by atoms with Crippen LogP contribution in [0.4, 0.5) is 0 Å².